The zero-order valence-electron chi connectivity index (χ0n) is 10.6. The first-order valence-electron chi connectivity index (χ1n) is 5.97. The minimum atomic E-state index is -0.682. The number of hydrogen-bond donors (Lipinski definition) is 2. The Morgan fingerprint density at radius 3 is 1.79 bits per heavy atom. The van der Waals surface area contributed by atoms with Crippen LogP contribution in [0.5, 0.6) is 0 Å². The smallest absolute Gasteiger partial charge is 0.0576 e. The van der Waals surface area contributed by atoms with Gasteiger partial charge in [0.25, 0.3) is 0 Å². The lowest BCUT2D eigenvalue weighted by atomic mass is 9.82. The van der Waals surface area contributed by atoms with Crippen molar-refractivity contribution in [3.63, 3.8) is 0 Å². The predicted molar refractivity (Wildman–Crippen MR) is 81.4 cm³/mol. The van der Waals surface area contributed by atoms with Crippen molar-refractivity contribution in [2.75, 3.05) is 0 Å². The van der Waals surface area contributed by atoms with Gasteiger partial charge in [-0.3, -0.25) is 0 Å². The molecule has 0 heterocycles. The maximum atomic E-state index is 6.40. The average molecular weight is 295 g/mol. The molecule has 0 spiro atoms. The monoisotopic (exact) mass is 294 g/mol. The molecule has 0 aliphatic carbocycles. The summed E-state index contributed by atoms with van der Waals surface area (Å²) in [4.78, 5) is 0. The lowest BCUT2D eigenvalue weighted by Gasteiger charge is -2.32. The Balaban J connectivity index is 2.32. The van der Waals surface area contributed by atoms with Gasteiger partial charge in [-0.05, 0) is 42.3 Å². The van der Waals surface area contributed by atoms with Gasteiger partial charge in [-0.2, -0.15) is 0 Å². The van der Waals surface area contributed by atoms with Crippen LogP contribution in [0.3, 0.4) is 0 Å². The molecule has 100 valence electrons. The summed E-state index contributed by atoms with van der Waals surface area (Å²) >= 11 is 11.8. The molecule has 0 aromatic heterocycles. The van der Waals surface area contributed by atoms with E-state index in [-0.39, 0.29) is 6.04 Å². The normalized spacial score (nSPS) is 15.8. The standard InChI is InChI=1S/C15H16Cl2N2/c1-15(19,11-4-8-13(17)9-5-11)14(18)10-2-6-12(16)7-3-10/h2-9,14H,18-19H2,1H3. The molecule has 4 N–H and O–H groups in total. The van der Waals surface area contributed by atoms with E-state index in [1.807, 2.05) is 55.5 Å². The average Bonchev–Trinajstić information content (AvgIpc) is 2.39. The van der Waals surface area contributed by atoms with E-state index in [2.05, 4.69) is 0 Å². The molecule has 0 bridgehead atoms. The predicted octanol–water partition coefficient (Wildman–Crippen LogP) is 3.87. The largest absolute Gasteiger partial charge is 0.322 e. The van der Waals surface area contributed by atoms with Crippen LogP contribution >= 0.6 is 23.2 Å². The van der Waals surface area contributed by atoms with Gasteiger partial charge in [0, 0.05) is 10.0 Å². The minimum Gasteiger partial charge on any atom is -0.322 e. The zero-order chi connectivity index (χ0) is 14.0. The van der Waals surface area contributed by atoms with Crippen molar-refractivity contribution in [2.45, 2.75) is 18.5 Å². The van der Waals surface area contributed by atoms with Crippen LogP contribution in [0.25, 0.3) is 0 Å². The van der Waals surface area contributed by atoms with Gasteiger partial charge in [-0.25, -0.2) is 0 Å². The lowest BCUT2D eigenvalue weighted by molar-refractivity contribution is 0.397. The number of halogens is 2. The summed E-state index contributed by atoms with van der Waals surface area (Å²) < 4.78 is 0. The van der Waals surface area contributed by atoms with Gasteiger partial charge >= 0.3 is 0 Å². The summed E-state index contributed by atoms with van der Waals surface area (Å²) in [5.74, 6) is 0. The summed E-state index contributed by atoms with van der Waals surface area (Å²) in [6.45, 7) is 1.91. The van der Waals surface area contributed by atoms with E-state index in [0.717, 1.165) is 11.1 Å². The molecule has 0 aliphatic rings. The minimum absolute atomic E-state index is 0.328. The molecular weight excluding hydrogens is 279 g/mol. The molecule has 19 heavy (non-hydrogen) atoms. The lowest BCUT2D eigenvalue weighted by Crippen LogP contribution is -2.44. The van der Waals surface area contributed by atoms with Crippen molar-refractivity contribution in [1.29, 1.82) is 0 Å². The molecule has 0 amide bonds. The molecule has 0 saturated heterocycles. The van der Waals surface area contributed by atoms with E-state index in [1.165, 1.54) is 0 Å². The van der Waals surface area contributed by atoms with Gasteiger partial charge in [0.1, 0.15) is 0 Å². The Bertz CT molecular complexity index is 547. The molecule has 2 atom stereocenters. The van der Waals surface area contributed by atoms with Crippen LogP contribution in [0.1, 0.15) is 24.1 Å². The third-order valence-corrected chi connectivity index (χ3v) is 3.85. The summed E-state index contributed by atoms with van der Waals surface area (Å²) in [7, 11) is 0. The van der Waals surface area contributed by atoms with Gasteiger partial charge in [0.05, 0.1) is 11.6 Å². The highest BCUT2D eigenvalue weighted by Gasteiger charge is 2.30. The van der Waals surface area contributed by atoms with Crippen molar-refractivity contribution >= 4 is 23.2 Å². The highest BCUT2D eigenvalue weighted by atomic mass is 35.5. The second kappa shape index (κ2) is 5.51. The van der Waals surface area contributed by atoms with E-state index in [9.17, 15) is 0 Å². The van der Waals surface area contributed by atoms with Crippen LogP contribution < -0.4 is 11.5 Å². The Morgan fingerprint density at radius 2 is 1.32 bits per heavy atom. The zero-order valence-corrected chi connectivity index (χ0v) is 12.1. The molecule has 2 aromatic rings. The van der Waals surface area contributed by atoms with E-state index in [1.54, 1.807) is 0 Å². The summed E-state index contributed by atoms with van der Waals surface area (Å²) in [6.07, 6.45) is 0. The van der Waals surface area contributed by atoms with E-state index < -0.39 is 5.54 Å². The van der Waals surface area contributed by atoms with Crippen LogP contribution in [-0.4, -0.2) is 0 Å². The summed E-state index contributed by atoms with van der Waals surface area (Å²) in [6, 6.07) is 14.5. The van der Waals surface area contributed by atoms with Crippen LogP contribution in [0.4, 0.5) is 0 Å². The van der Waals surface area contributed by atoms with Crippen molar-refractivity contribution in [3.8, 4) is 0 Å². The third kappa shape index (κ3) is 3.10. The van der Waals surface area contributed by atoms with E-state index in [4.69, 9.17) is 34.7 Å². The maximum Gasteiger partial charge on any atom is 0.0576 e. The van der Waals surface area contributed by atoms with Gasteiger partial charge in [-0.15, -0.1) is 0 Å². The van der Waals surface area contributed by atoms with Gasteiger partial charge in [0.2, 0.25) is 0 Å². The summed E-state index contributed by atoms with van der Waals surface area (Å²) in [5.41, 5.74) is 13.9. The Kier molecular flexibility index (Phi) is 4.16. The van der Waals surface area contributed by atoms with Crippen LogP contribution in [-0.2, 0) is 5.54 Å². The number of benzene rings is 2. The second-order valence-electron chi connectivity index (χ2n) is 4.82. The van der Waals surface area contributed by atoms with Crippen LogP contribution in [0.15, 0.2) is 48.5 Å². The Morgan fingerprint density at radius 1 is 0.895 bits per heavy atom. The third-order valence-electron chi connectivity index (χ3n) is 3.34. The Labute approximate surface area is 123 Å². The first kappa shape index (κ1) is 14.4. The molecule has 4 heteroatoms. The molecule has 2 aromatic carbocycles. The van der Waals surface area contributed by atoms with E-state index in [0.29, 0.717) is 10.0 Å². The van der Waals surface area contributed by atoms with Gasteiger partial charge < -0.3 is 11.5 Å². The fraction of sp³-hybridized carbons (Fsp3) is 0.200. The van der Waals surface area contributed by atoms with Crippen molar-refractivity contribution in [3.05, 3.63) is 69.7 Å². The van der Waals surface area contributed by atoms with Crippen molar-refractivity contribution in [2.24, 2.45) is 11.5 Å². The van der Waals surface area contributed by atoms with Crippen LogP contribution in [0.2, 0.25) is 10.0 Å². The maximum absolute atomic E-state index is 6.40. The first-order chi connectivity index (χ1) is 8.91. The molecule has 2 unspecified atom stereocenters. The first-order valence-corrected chi connectivity index (χ1v) is 6.73. The SMILES string of the molecule is CC(N)(c1ccc(Cl)cc1)C(N)c1ccc(Cl)cc1. The molecule has 0 aliphatic heterocycles. The second-order valence-corrected chi connectivity index (χ2v) is 5.69. The number of nitrogens with two attached hydrogens (primary N) is 2. The Hall–Kier alpha value is -1.06. The molecule has 2 nitrogen and oxygen atoms in total. The molecular formula is C15H16Cl2N2. The highest BCUT2D eigenvalue weighted by molar-refractivity contribution is 6.30. The van der Waals surface area contributed by atoms with Gasteiger partial charge in [0.15, 0.2) is 0 Å². The fourth-order valence-corrected chi connectivity index (χ4v) is 2.26. The topological polar surface area (TPSA) is 52.0 Å². The molecule has 0 saturated carbocycles. The van der Waals surface area contributed by atoms with Crippen LogP contribution in [0, 0.1) is 0 Å². The molecule has 2 rings (SSSR count). The number of hydrogen-bond acceptors (Lipinski definition) is 2. The van der Waals surface area contributed by atoms with Crippen molar-refractivity contribution < 1.29 is 0 Å². The fourth-order valence-electron chi connectivity index (χ4n) is 2.00. The number of rotatable bonds is 3. The van der Waals surface area contributed by atoms with Crippen molar-refractivity contribution in [1.82, 2.24) is 0 Å². The highest BCUT2D eigenvalue weighted by Crippen LogP contribution is 2.31. The van der Waals surface area contributed by atoms with E-state index >= 15 is 0 Å². The quantitative estimate of drug-likeness (QED) is 0.903. The molecule has 0 radical (unpaired) electrons. The summed E-state index contributed by atoms with van der Waals surface area (Å²) in [5, 5.41) is 1.36. The molecule has 0 fully saturated rings. The van der Waals surface area contributed by atoms with Gasteiger partial charge in [-0.1, -0.05) is 47.5 Å².